The van der Waals surface area contributed by atoms with Crippen molar-refractivity contribution < 1.29 is 9.90 Å². The average molecular weight is 315 g/mol. The molecule has 122 valence electrons. The van der Waals surface area contributed by atoms with Crippen LogP contribution in [-0.2, 0) is 11.3 Å². The van der Waals surface area contributed by atoms with Crippen LogP contribution >= 0.6 is 0 Å². The number of hydrogen-bond donors (Lipinski definition) is 2. The molecule has 1 aromatic heterocycles. The van der Waals surface area contributed by atoms with Crippen LogP contribution in [0.5, 0.6) is 0 Å². The number of rotatable bonds is 5. The van der Waals surface area contributed by atoms with E-state index in [4.69, 9.17) is 0 Å². The van der Waals surface area contributed by atoms with Gasteiger partial charge in [0.25, 0.3) is 0 Å². The van der Waals surface area contributed by atoms with Gasteiger partial charge in [0.1, 0.15) is 6.54 Å². The molecule has 1 amide bonds. The van der Waals surface area contributed by atoms with E-state index in [0.717, 1.165) is 31.2 Å². The molecule has 1 saturated carbocycles. The van der Waals surface area contributed by atoms with E-state index in [1.807, 2.05) is 30.3 Å². The third kappa shape index (κ3) is 3.92. The Morgan fingerprint density at radius 2 is 2.04 bits per heavy atom. The van der Waals surface area contributed by atoms with E-state index >= 15 is 0 Å². The Morgan fingerprint density at radius 1 is 1.26 bits per heavy atom. The lowest BCUT2D eigenvalue weighted by atomic mass is 9.85. The van der Waals surface area contributed by atoms with Gasteiger partial charge in [-0.2, -0.15) is 4.80 Å². The number of aliphatic hydroxyl groups is 1. The van der Waals surface area contributed by atoms with Crippen molar-refractivity contribution in [2.75, 3.05) is 6.61 Å². The minimum absolute atomic E-state index is 0.0362. The van der Waals surface area contributed by atoms with E-state index in [0.29, 0.717) is 5.82 Å². The third-order valence-electron chi connectivity index (χ3n) is 4.26. The Balaban J connectivity index is 1.59. The SMILES string of the molecule is O=C(Cn1nnc(-c2ccccc2)n1)NC1CCCCC1CO. The summed E-state index contributed by atoms with van der Waals surface area (Å²) in [5.74, 6) is 0.507. The highest BCUT2D eigenvalue weighted by Gasteiger charge is 2.26. The van der Waals surface area contributed by atoms with Crippen LogP contribution in [0.15, 0.2) is 30.3 Å². The summed E-state index contributed by atoms with van der Waals surface area (Å²) in [6.07, 6.45) is 4.07. The van der Waals surface area contributed by atoms with Gasteiger partial charge in [0, 0.05) is 24.1 Å². The maximum absolute atomic E-state index is 12.2. The van der Waals surface area contributed by atoms with Gasteiger partial charge in [-0.1, -0.05) is 43.2 Å². The maximum atomic E-state index is 12.2. The lowest BCUT2D eigenvalue weighted by Crippen LogP contribution is -2.44. The molecule has 2 unspecified atom stereocenters. The summed E-state index contributed by atoms with van der Waals surface area (Å²) in [6.45, 7) is 0.152. The lowest BCUT2D eigenvalue weighted by Gasteiger charge is -2.30. The van der Waals surface area contributed by atoms with Crippen LogP contribution in [0, 0.1) is 5.92 Å². The van der Waals surface area contributed by atoms with Crippen LogP contribution in [-0.4, -0.2) is 43.9 Å². The molecule has 0 aliphatic heterocycles. The summed E-state index contributed by atoms with van der Waals surface area (Å²) >= 11 is 0. The van der Waals surface area contributed by atoms with Gasteiger partial charge >= 0.3 is 0 Å². The van der Waals surface area contributed by atoms with Crippen molar-refractivity contribution in [2.24, 2.45) is 5.92 Å². The van der Waals surface area contributed by atoms with Gasteiger partial charge in [-0.05, 0) is 18.1 Å². The molecule has 7 heteroatoms. The number of amides is 1. The number of aromatic nitrogens is 4. The van der Waals surface area contributed by atoms with Gasteiger partial charge < -0.3 is 10.4 Å². The third-order valence-corrected chi connectivity index (χ3v) is 4.26. The van der Waals surface area contributed by atoms with Crippen molar-refractivity contribution >= 4 is 5.91 Å². The summed E-state index contributed by atoms with van der Waals surface area (Å²) in [7, 11) is 0. The average Bonchev–Trinajstić information content (AvgIpc) is 3.04. The lowest BCUT2D eigenvalue weighted by molar-refractivity contribution is -0.123. The molecule has 0 spiro atoms. The van der Waals surface area contributed by atoms with Crippen LogP contribution in [0.2, 0.25) is 0 Å². The molecule has 0 bridgehead atoms. The summed E-state index contributed by atoms with van der Waals surface area (Å²) in [5.41, 5.74) is 0.867. The minimum Gasteiger partial charge on any atom is -0.396 e. The summed E-state index contributed by atoms with van der Waals surface area (Å²) in [6, 6.07) is 9.56. The molecule has 1 heterocycles. The second-order valence-electron chi connectivity index (χ2n) is 5.91. The molecule has 1 aliphatic rings. The highest BCUT2D eigenvalue weighted by Crippen LogP contribution is 2.23. The van der Waals surface area contributed by atoms with Gasteiger partial charge in [0.05, 0.1) is 0 Å². The first-order valence-electron chi connectivity index (χ1n) is 7.99. The van der Waals surface area contributed by atoms with E-state index in [9.17, 15) is 9.90 Å². The number of tetrazole rings is 1. The van der Waals surface area contributed by atoms with Crippen molar-refractivity contribution in [1.29, 1.82) is 0 Å². The second-order valence-corrected chi connectivity index (χ2v) is 5.91. The van der Waals surface area contributed by atoms with E-state index in [1.54, 1.807) is 0 Å². The molecular weight excluding hydrogens is 294 g/mol. The van der Waals surface area contributed by atoms with Gasteiger partial charge in [-0.25, -0.2) is 0 Å². The molecule has 0 saturated heterocycles. The van der Waals surface area contributed by atoms with Crippen LogP contribution in [0.1, 0.15) is 25.7 Å². The van der Waals surface area contributed by atoms with E-state index in [1.165, 1.54) is 4.80 Å². The molecule has 3 rings (SSSR count). The Kier molecular flexibility index (Phi) is 4.97. The van der Waals surface area contributed by atoms with E-state index in [2.05, 4.69) is 20.7 Å². The predicted molar refractivity (Wildman–Crippen MR) is 84.2 cm³/mol. The standard InChI is InChI=1S/C16H21N5O2/c22-11-13-8-4-5-9-14(13)17-15(23)10-21-19-16(18-20-21)12-6-2-1-3-7-12/h1-3,6-7,13-14,22H,4-5,8-11H2,(H,17,23). The topological polar surface area (TPSA) is 92.9 Å². The number of nitrogens with zero attached hydrogens (tertiary/aromatic N) is 4. The molecule has 2 N–H and O–H groups in total. The Bertz CT molecular complexity index is 643. The van der Waals surface area contributed by atoms with Crippen molar-refractivity contribution in [3.63, 3.8) is 0 Å². The van der Waals surface area contributed by atoms with Gasteiger partial charge in [-0.3, -0.25) is 4.79 Å². The summed E-state index contributed by atoms with van der Waals surface area (Å²) in [4.78, 5) is 13.5. The number of nitrogens with one attached hydrogen (secondary N) is 1. The predicted octanol–water partition coefficient (Wildman–Crippen LogP) is 1.01. The summed E-state index contributed by atoms with van der Waals surface area (Å²) < 4.78 is 0. The molecule has 2 aromatic rings. The fraction of sp³-hybridized carbons (Fsp3) is 0.500. The van der Waals surface area contributed by atoms with Crippen LogP contribution in [0.3, 0.4) is 0 Å². The molecule has 1 aliphatic carbocycles. The zero-order valence-electron chi connectivity index (χ0n) is 12.9. The van der Waals surface area contributed by atoms with Gasteiger partial charge in [0.15, 0.2) is 0 Å². The van der Waals surface area contributed by atoms with Crippen molar-refractivity contribution in [3.8, 4) is 11.4 Å². The molecule has 2 atom stereocenters. The highest BCUT2D eigenvalue weighted by atomic mass is 16.3. The second kappa shape index (κ2) is 7.32. The van der Waals surface area contributed by atoms with Crippen LogP contribution < -0.4 is 5.32 Å². The first-order chi connectivity index (χ1) is 11.3. The van der Waals surface area contributed by atoms with Crippen molar-refractivity contribution in [3.05, 3.63) is 30.3 Å². The van der Waals surface area contributed by atoms with Crippen molar-refractivity contribution in [1.82, 2.24) is 25.5 Å². The van der Waals surface area contributed by atoms with Crippen molar-refractivity contribution in [2.45, 2.75) is 38.3 Å². The highest BCUT2D eigenvalue weighted by molar-refractivity contribution is 5.75. The molecule has 0 radical (unpaired) electrons. The number of hydrogen-bond acceptors (Lipinski definition) is 5. The smallest absolute Gasteiger partial charge is 0.243 e. The molecule has 23 heavy (non-hydrogen) atoms. The Labute approximate surface area is 134 Å². The minimum atomic E-state index is -0.146. The zero-order valence-corrected chi connectivity index (χ0v) is 12.9. The zero-order chi connectivity index (χ0) is 16.1. The largest absolute Gasteiger partial charge is 0.396 e. The monoisotopic (exact) mass is 315 g/mol. The van der Waals surface area contributed by atoms with Crippen LogP contribution in [0.25, 0.3) is 11.4 Å². The molecule has 1 aromatic carbocycles. The molecular formula is C16H21N5O2. The normalized spacial score (nSPS) is 21.1. The summed E-state index contributed by atoms with van der Waals surface area (Å²) in [5, 5.41) is 24.5. The first-order valence-corrected chi connectivity index (χ1v) is 7.99. The molecule has 7 nitrogen and oxygen atoms in total. The first kappa shape index (κ1) is 15.6. The quantitative estimate of drug-likeness (QED) is 0.859. The Hall–Kier alpha value is -2.28. The van der Waals surface area contributed by atoms with Crippen LogP contribution in [0.4, 0.5) is 0 Å². The number of carbonyl (C=O) groups excluding carboxylic acids is 1. The van der Waals surface area contributed by atoms with Gasteiger partial charge in [-0.15, -0.1) is 10.2 Å². The van der Waals surface area contributed by atoms with Gasteiger partial charge in [0.2, 0.25) is 11.7 Å². The maximum Gasteiger partial charge on any atom is 0.243 e. The number of carbonyl (C=O) groups is 1. The fourth-order valence-electron chi connectivity index (χ4n) is 3.01. The number of aliphatic hydroxyl groups excluding tert-OH is 1. The van der Waals surface area contributed by atoms with E-state index in [-0.39, 0.29) is 31.0 Å². The van der Waals surface area contributed by atoms with E-state index < -0.39 is 0 Å². The fourth-order valence-corrected chi connectivity index (χ4v) is 3.01. The Morgan fingerprint density at radius 3 is 2.83 bits per heavy atom. The molecule has 1 fully saturated rings. The number of benzene rings is 1.